The molecule has 0 aliphatic carbocycles. The Morgan fingerprint density at radius 3 is 2.70 bits per heavy atom. The van der Waals surface area contributed by atoms with Gasteiger partial charge in [-0.3, -0.25) is 14.6 Å². The van der Waals surface area contributed by atoms with Crippen molar-refractivity contribution in [2.45, 2.75) is 32.9 Å². The van der Waals surface area contributed by atoms with Gasteiger partial charge in [-0.15, -0.1) is 0 Å². The van der Waals surface area contributed by atoms with Gasteiger partial charge in [0.25, 0.3) is 5.91 Å². The van der Waals surface area contributed by atoms with E-state index in [9.17, 15) is 4.79 Å². The molecule has 1 saturated heterocycles. The SMILES string of the molecule is CC(C)N1CCc2c(C(=O)NCCN3CCOCC3)c3nc(-c4ccccc4)cnn3c2C1. The Bertz CT molecular complexity index is 1120. The summed E-state index contributed by atoms with van der Waals surface area (Å²) >= 11 is 0. The minimum absolute atomic E-state index is 0.0560. The number of amides is 1. The summed E-state index contributed by atoms with van der Waals surface area (Å²) in [4.78, 5) is 23.1. The molecule has 0 spiro atoms. The lowest BCUT2D eigenvalue weighted by Gasteiger charge is -2.30. The fraction of sp³-hybridized carbons (Fsp3) is 0.480. The first kappa shape index (κ1) is 22.0. The Morgan fingerprint density at radius 2 is 1.94 bits per heavy atom. The quantitative estimate of drug-likeness (QED) is 0.623. The number of fused-ring (bicyclic) bond motifs is 3. The molecule has 2 aliphatic rings. The van der Waals surface area contributed by atoms with Crippen LogP contribution < -0.4 is 5.32 Å². The maximum atomic E-state index is 13.4. The van der Waals surface area contributed by atoms with Crippen LogP contribution in [0.5, 0.6) is 0 Å². The van der Waals surface area contributed by atoms with Crippen molar-refractivity contribution >= 4 is 11.6 Å². The molecular formula is C25H32N6O2. The Balaban J connectivity index is 1.47. The van der Waals surface area contributed by atoms with Gasteiger partial charge in [0, 0.05) is 50.9 Å². The van der Waals surface area contributed by atoms with Crippen molar-refractivity contribution < 1.29 is 9.53 Å². The smallest absolute Gasteiger partial charge is 0.255 e. The van der Waals surface area contributed by atoms with Gasteiger partial charge in [-0.05, 0) is 25.8 Å². The predicted octanol–water partition coefficient (Wildman–Crippen LogP) is 2.22. The molecule has 1 N–H and O–H groups in total. The predicted molar refractivity (Wildman–Crippen MR) is 127 cm³/mol. The molecule has 174 valence electrons. The molecule has 0 atom stereocenters. The number of carbonyl (C=O) groups is 1. The van der Waals surface area contributed by atoms with Gasteiger partial charge in [-0.25, -0.2) is 9.50 Å². The average Bonchev–Trinajstić information content (AvgIpc) is 3.18. The van der Waals surface area contributed by atoms with Crippen molar-refractivity contribution in [1.82, 2.24) is 29.7 Å². The highest BCUT2D eigenvalue weighted by atomic mass is 16.5. The van der Waals surface area contributed by atoms with Crippen molar-refractivity contribution in [3.63, 3.8) is 0 Å². The van der Waals surface area contributed by atoms with E-state index in [1.807, 2.05) is 34.8 Å². The molecule has 0 unspecified atom stereocenters. The van der Waals surface area contributed by atoms with E-state index in [4.69, 9.17) is 14.8 Å². The standard InChI is InChI=1S/C25H32N6O2/c1-18(2)30-10-8-20-22(17-30)31-24(28-21(16-27-31)19-6-4-3-5-7-19)23(20)25(32)26-9-11-29-12-14-33-15-13-29/h3-7,16,18H,8-15,17H2,1-2H3,(H,26,32). The number of hydrogen-bond acceptors (Lipinski definition) is 6. The number of nitrogens with zero attached hydrogens (tertiary/aromatic N) is 5. The number of aromatic nitrogens is 3. The normalized spacial score (nSPS) is 17.4. The third kappa shape index (κ3) is 4.51. The molecule has 3 aromatic rings. The number of nitrogens with one attached hydrogen (secondary N) is 1. The summed E-state index contributed by atoms with van der Waals surface area (Å²) in [6, 6.07) is 10.4. The zero-order chi connectivity index (χ0) is 22.8. The molecule has 5 rings (SSSR count). The van der Waals surface area contributed by atoms with Crippen LogP contribution in [0.15, 0.2) is 36.5 Å². The maximum Gasteiger partial charge on any atom is 0.255 e. The summed E-state index contributed by atoms with van der Waals surface area (Å²) < 4.78 is 7.30. The largest absolute Gasteiger partial charge is 0.379 e. The lowest BCUT2D eigenvalue weighted by atomic mass is 10.0. The summed E-state index contributed by atoms with van der Waals surface area (Å²) in [7, 11) is 0. The van der Waals surface area contributed by atoms with E-state index in [1.165, 1.54) is 0 Å². The van der Waals surface area contributed by atoms with Gasteiger partial charge in [0.2, 0.25) is 0 Å². The molecule has 8 heteroatoms. The number of ether oxygens (including phenoxy) is 1. The second-order valence-electron chi connectivity index (χ2n) is 9.07. The van der Waals surface area contributed by atoms with Crippen LogP contribution in [0.1, 0.15) is 35.5 Å². The molecule has 0 bridgehead atoms. The molecule has 8 nitrogen and oxygen atoms in total. The fourth-order valence-corrected chi connectivity index (χ4v) is 4.75. The van der Waals surface area contributed by atoms with Gasteiger partial charge in [0.05, 0.1) is 36.4 Å². The maximum absolute atomic E-state index is 13.4. The Morgan fingerprint density at radius 1 is 1.15 bits per heavy atom. The van der Waals surface area contributed by atoms with E-state index >= 15 is 0 Å². The van der Waals surface area contributed by atoms with Crippen molar-refractivity contribution in [2.24, 2.45) is 0 Å². The van der Waals surface area contributed by atoms with Crippen LogP contribution in [0.4, 0.5) is 0 Å². The van der Waals surface area contributed by atoms with Crippen LogP contribution >= 0.6 is 0 Å². The van der Waals surface area contributed by atoms with Crippen LogP contribution in [-0.2, 0) is 17.7 Å². The van der Waals surface area contributed by atoms with Gasteiger partial charge >= 0.3 is 0 Å². The third-order valence-corrected chi connectivity index (χ3v) is 6.70. The van der Waals surface area contributed by atoms with E-state index in [0.29, 0.717) is 23.8 Å². The fourth-order valence-electron chi connectivity index (χ4n) is 4.75. The van der Waals surface area contributed by atoms with Crippen LogP contribution in [0.3, 0.4) is 0 Å². The van der Waals surface area contributed by atoms with Gasteiger partial charge in [0.15, 0.2) is 5.65 Å². The molecule has 33 heavy (non-hydrogen) atoms. The Hall–Kier alpha value is -2.81. The molecule has 2 aromatic heterocycles. The monoisotopic (exact) mass is 448 g/mol. The summed E-state index contributed by atoms with van der Waals surface area (Å²) in [5, 5.41) is 7.90. The van der Waals surface area contributed by atoms with Crippen LogP contribution in [-0.4, -0.2) is 82.3 Å². The first-order valence-corrected chi connectivity index (χ1v) is 11.9. The second kappa shape index (κ2) is 9.59. The third-order valence-electron chi connectivity index (χ3n) is 6.70. The van der Waals surface area contributed by atoms with Crippen LogP contribution in [0, 0.1) is 0 Å². The first-order valence-electron chi connectivity index (χ1n) is 11.9. The molecule has 1 fully saturated rings. The number of hydrogen-bond donors (Lipinski definition) is 1. The molecule has 0 saturated carbocycles. The Kier molecular flexibility index (Phi) is 6.39. The van der Waals surface area contributed by atoms with Crippen molar-refractivity contribution in [3.05, 3.63) is 53.3 Å². The molecule has 0 radical (unpaired) electrons. The number of benzene rings is 1. The highest BCUT2D eigenvalue weighted by Gasteiger charge is 2.30. The molecule has 1 aromatic carbocycles. The van der Waals surface area contributed by atoms with E-state index in [0.717, 1.165) is 74.9 Å². The zero-order valence-corrected chi connectivity index (χ0v) is 19.5. The number of rotatable bonds is 6. The molecular weight excluding hydrogens is 416 g/mol. The minimum atomic E-state index is -0.0560. The topological polar surface area (TPSA) is 75.0 Å². The van der Waals surface area contributed by atoms with Crippen LogP contribution in [0.2, 0.25) is 0 Å². The average molecular weight is 449 g/mol. The van der Waals surface area contributed by atoms with Crippen molar-refractivity contribution in [1.29, 1.82) is 0 Å². The van der Waals surface area contributed by atoms with E-state index in [2.05, 4.69) is 29.0 Å². The summed E-state index contributed by atoms with van der Waals surface area (Å²) in [6.07, 6.45) is 2.63. The van der Waals surface area contributed by atoms with Crippen LogP contribution in [0.25, 0.3) is 16.9 Å². The van der Waals surface area contributed by atoms with Gasteiger partial charge in [0.1, 0.15) is 0 Å². The highest BCUT2D eigenvalue weighted by molar-refractivity contribution is 6.02. The van der Waals surface area contributed by atoms with Gasteiger partial charge < -0.3 is 10.1 Å². The molecule has 2 aliphatic heterocycles. The van der Waals surface area contributed by atoms with E-state index in [-0.39, 0.29) is 5.91 Å². The highest BCUT2D eigenvalue weighted by Crippen LogP contribution is 2.29. The molecule has 4 heterocycles. The number of morpholine rings is 1. The van der Waals surface area contributed by atoms with Crippen molar-refractivity contribution in [2.75, 3.05) is 45.9 Å². The van der Waals surface area contributed by atoms with E-state index < -0.39 is 0 Å². The summed E-state index contributed by atoms with van der Waals surface area (Å²) in [6.45, 7) is 10.9. The minimum Gasteiger partial charge on any atom is -0.379 e. The van der Waals surface area contributed by atoms with Gasteiger partial charge in [-0.1, -0.05) is 30.3 Å². The Labute approximate surface area is 194 Å². The van der Waals surface area contributed by atoms with Crippen molar-refractivity contribution in [3.8, 4) is 11.3 Å². The van der Waals surface area contributed by atoms with E-state index in [1.54, 1.807) is 6.20 Å². The summed E-state index contributed by atoms with van der Waals surface area (Å²) in [5.74, 6) is -0.0560. The van der Waals surface area contributed by atoms with Gasteiger partial charge in [-0.2, -0.15) is 5.10 Å². The zero-order valence-electron chi connectivity index (χ0n) is 19.5. The lowest BCUT2D eigenvalue weighted by molar-refractivity contribution is 0.0383. The lowest BCUT2D eigenvalue weighted by Crippen LogP contribution is -2.41. The second-order valence-corrected chi connectivity index (χ2v) is 9.07. The molecule has 1 amide bonds. The summed E-state index contributed by atoms with van der Waals surface area (Å²) in [5.41, 5.74) is 5.27. The first-order chi connectivity index (χ1) is 16.1. The number of carbonyl (C=O) groups excluding carboxylic acids is 1.